The van der Waals surface area contributed by atoms with Gasteiger partial charge in [0, 0.05) is 6.08 Å². The van der Waals surface area contributed by atoms with E-state index < -0.39 is 14.7 Å². The van der Waals surface area contributed by atoms with Crippen LogP contribution in [0.5, 0.6) is 11.5 Å². The highest BCUT2D eigenvalue weighted by atomic mass is 35.5. The van der Waals surface area contributed by atoms with E-state index in [0.29, 0.717) is 11.3 Å². The lowest BCUT2D eigenvalue weighted by atomic mass is 10.1. The van der Waals surface area contributed by atoms with Crippen molar-refractivity contribution < 1.29 is 18.6 Å². The van der Waals surface area contributed by atoms with E-state index in [0.717, 1.165) is 5.56 Å². The molecule has 26 heavy (non-hydrogen) atoms. The molecule has 138 valence electrons. The molecule has 0 saturated carbocycles. The van der Waals surface area contributed by atoms with Gasteiger partial charge in [-0.3, -0.25) is 4.57 Å². The van der Waals surface area contributed by atoms with Gasteiger partial charge in [0.2, 0.25) is 8.69 Å². The summed E-state index contributed by atoms with van der Waals surface area (Å²) in [5.41, 5.74) is 1.34. The number of allylic oxidation sites excluding steroid dienone is 1. The standard InChI is InChI=1S/C16H10Cl5O4P/c1-7(8-2-4-9(5-3-8)25-26-23)6-10(22)24-16-14(20)12(18)11(17)13(19)15(16)21/h2-6H,26H2,1H3/b7-6+. The monoisotopic (exact) mass is 472 g/mol. The third-order valence-corrected chi connectivity index (χ3v) is 5.81. The number of hydrogen-bond acceptors (Lipinski definition) is 4. The molecule has 0 fully saturated rings. The molecule has 0 amide bonds. The first kappa shape index (κ1) is 21.4. The Bertz CT molecular complexity index is 867. The molecule has 0 N–H and O–H groups in total. The van der Waals surface area contributed by atoms with E-state index in [1.165, 1.54) is 6.08 Å². The highest BCUT2D eigenvalue weighted by Gasteiger charge is 2.22. The highest BCUT2D eigenvalue weighted by molar-refractivity contribution is 7.17. The third kappa shape index (κ3) is 4.89. The van der Waals surface area contributed by atoms with Crippen LogP contribution in [0.4, 0.5) is 0 Å². The predicted octanol–water partition coefficient (Wildman–Crippen LogP) is 7.01. The van der Waals surface area contributed by atoms with Crippen molar-refractivity contribution in [3.05, 3.63) is 61.0 Å². The van der Waals surface area contributed by atoms with E-state index in [9.17, 15) is 9.36 Å². The van der Waals surface area contributed by atoms with Crippen molar-refractivity contribution in [3.8, 4) is 11.5 Å². The van der Waals surface area contributed by atoms with Crippen molar-refractivity contribution in [2.24, 2.45) is 0 Å². The Labute approximate surface area is 175 Å². The third-order valence-electron chi connectivity index (χ3n) is 3.20. The van der Waals surface area contributed by atoms with Gasteiger partial charge in [-0.2, -0.15) is 0 Å². The van der Waals surface area contributed by atoms with E-state index in [4.69, 9.17) is 67.3 Å². The van der Waals surface area contributed by atoms with Gasteiger partial charge in [-0.05, 0) is 30.2 Å². The Balaban J connectivity index is 2.25. The minimum Gasteiger partial charge on any atom is -0.447 e. The summed E-state index contributed by atoms with van der Waals surface area (Å²) in [6.07, 6.45) is 1.25. The topological polar surface area (TPSA) is 52.6 Å². The minimum atomic E-state index is -1.34. The second kappa shape index (κ2) is 9.36. The van der Waals surface area contributed by atoms with E-state index in [2.05, 4.69) is 0 Å². The maximum atomic E-state index is 12.2. The highest BCUT2D eigenvalue weighted by Crippen LogP contribution is 2.48. The SMILES string of the molecule is C/C(=C\C(=O)Oc1c(Cl)c(Cl)c(Cl)c(Cl)c1Cl)c1ccc(O[PH2]=O)cc1. The molecule has 10 heteroatoms. The van der Waals surface area contributed by atoms with Crippen LogP contribution in [0.3, 0.4) is 0 Å². The molecule has 0 saturated heterocycles. The van der Waals surface area contributed by atoms with Crippen molar-refractivity contribution in [3.63, 3.8) is 0 Å². The largest absolute Gasteiger partial charge is 0.447 e. The summed E-state index contributed by atoms with van der Waals surface area (Å²) in [6, 6.07) is 6.68. The molecule has 0 aromatic heterocycles. The van der Waals surface area contributed by atoms with Crippen LogP contribution in [0, 0.1) is 0 Å². The first-order valence-electron chi connectivity index (χ1n) is 6.88. The Morgan fingerprint density at radius 2 is 1.42 bits per heavy atom. The molecular formula is C16H10Cl5O4P. The van der Waals surface area contributed by atoms with Crippen LogP contribution >= 0.6 is 66.7 Å². The molecule has 4 nitrogen and oxygen atoms in total. The predicted molar refractivity (Wildman–Crippen MR) is 108 cm³/mol. The van der Waals surface area contributed by atoms with Gasteiger partial charge in [0.15, 0.2) is 5.75 Å². The van der Waals surface area contributed by atoms with Crippen molar-refractivity contribution in [1.29, 1.82) is 0 Å². The van der Waals surface area contributed by atoms with Crippen molar-refractivity contribution >= 4 is 78.2 Å². The van der Waals surface area contributed by atoms with E-state index in [1.807, 2.05) is 0 Å². The van der Waals surface area contributed by atoms with E-state index in [1.54, 1.807) is 31.2 Å². The van der Waals surface area contributed by atoms with Crippen molar-refractivity contribution in [1.82, 2.24) is 0 Å². The fourth-order valence-electron chi connectivity index (χ4n) is 1.92. The summed E-state index contributed by atoms with van der Waals surface area (Å²) < 4.78 is 20.6. The zero-order valence-corrected chi connectivity index (χ0v) is 17.9. The number of carbonyl (C=O) groups excluding carboxylic acids is 1. The summed E-state index contributed by atoms with van der Waals surface area (Å²) >= 11 is 29.8. The first-order chi connectivity index (χ1) is 12.3. The summed E-state index contributed by atoms with van der Waals surface area (Å²) in [5.74, 6) is -0.438. The zero-order valence-electron chi connectivity index (χ0n) is 13.0. The number of esters is 1. The average Bonchev–Trinajstić information content (AvgIpc) is 2.63. The van der Waals surface area contributed by atoms with E-state index in [-0.39, 0.29) is 30.9 Å². The number of hydrogen-bond donors (Lipinski definition) is 0. The second-order valence-electron chi connectivity index (χ2n) is 4.89. The van der Waals surface area contributed by atoms with Crippen LogP contribution in [0.2, 0.25) is 25.1 Å². The zero-order chi connectivity index (χ0) is 19.4. The summed E-state index contributed by atoms with van der Waals surface area (Å²) in [5, 5.41) is -0.402. The van der Waals surface area contributed by atoms with Gasteiger partial charge in [-0.15, -0.1) is 0 Å². The maximum Gasteiger partial charge on any atom is 0.336 e. The fourth-order valence-corrected chi connectivity index (χ4v) is 3.38. The van der Waals surface area contributed by atoms with Gasteiger partial charge < -0.3 is 9.26 Å². The molecule has 0 heterocycles. The molecule has 0 radical (unpaired) electrons. The number of benzene rings is 2. The summed E-state index contributed by atoms with van der Waals surface area (Å²) in [4.78, 5) is 12.2. The molecule has 2 rings (SSSR count). The van der Waals surface area contributed by atoms with Gasteiger partial charge in [0.1, 0.15) is 15.8 Å². The fraction of sp³-hybridized carbons (Fsp3) is 0.0625. The minimum absolute atomic E-state index is 0.0305. The van der Waals surface area contributed by atoms with Crippen LogP contribution in [0.15, 0.2) is 30.3 Å². The van der Waals surface area contributed by atoms with Crippen molar-refractivity contribution in [2.45, 2.75) is 6.92 Å². The Kier molecular flexibility index (Phi) is 7.72. The lowest BCUT2D eigenvalue weighted by Crippen LogP contribution is -2.06. The maximum absolute atomic E-state index is 12.2. The molecule has 2 aromatic carbocycles. The molecule has 2 aromatic rings. The first-order valence-corrected chi connectivity index (χ1v) is 9.71. The summed E-state index contributed by atoms with van der Waals surface area (Å²) in [6.45, 7) is 1.71. The summed E-state index contributed by atoms with van der Waals surface area (Å²) in [7, 11) is -1.34. The number of rotatable bonds is 5. The molecule has 0 aliphatic carbocycles. The Hall–Kier alpha value is -0.870. The molecule has 0 aliphatic heterocycles. The van der Waals surface area contributed by atoms with Gasteiger partial charge in [0.25, 0.3) is 0 Å². The molecule has 1 atom stereocenters. The van der Waals surface area contributed by atoms with Crippen LogP contribution in [0.1, 0.15) is 12.5 Å². The van der Waals surface area contributed by atoms with Gasteiger partial charge in [-0.25, -0.2) is 4.79 Å². The lowest BCUT2D eigenvalue weighted by Gasteiger charge is -2.11. The number of carbonyl (C=O) groups is 1. The van der Waals surface area contributed by atoms with E-state index >= 15 is 0 Å². The smallest absolute Gasteiger partial charge is 0.336 e. The lowest BCUT2D eigenvalue weighted by molar-refractivity contribution is -0.128. The second-order valence-corrected chi connectivity index (χ2v) is 7.20. The van der Waals surface area contributed by atoms with Crippen molar-refractivity contribution in [2.75, 3.05) is 0 Å². The van der Waals surface area contributed by atoms with Crippen LogP contribution in [0.25, 0.3) is 5.57 Å². The number of ether oxygens (including phenoxy) is 1. The molecule has 1 unspecified atom stereocenters. The van der Waals surface area contributed by atoms with Crippen LogP contribution < -0.4 is 9.26 Å². The van der Waals surface area contributed by atoms with Crippen LogP contribution in [-0.2, 0) is 9.36 Å². The molecule has 0 spiro atoms. The van der Waals surface area contributed by atoms with Gasteiger partial charge in [0.05, 0.1) is 15.1 Å². The van der Waals surface area contributed by atoms with Gasteiger partial charge in [-0.1, -0.05) is 70.1 Å². The number of halogens is 5. The molecule has 0 aliphatic rings. The normalized spacial score (nSPS) is 11.8. The molecular weight excluding hydrogens is 464 g/mol. The quantitative estimate of drug-likeness (QED) is 0.117. The molecule has 0 bridgehead atoms. The van der Waals surface area contributed by atoms with Crippen LogP contribution in [-0.4, -0.2) is 5.97 Å². The Morgan fingerprint density at radius 3 is 1.92 bits per heavy atom. The average molecular weight is 474 g/mol. The Morgan fingerprint density at radius 1 is 0.923 bits per heavy atom. The van der Waals surface area contributed by atoms with Gasteiger partial charge >= 0.3 is 5.97 Å².